The summed E-state index contributed by atoms with van der Waals surface area (Å²) in [7, 11) is 0. The van der Waals surface area contributed by atoms with Crippen molar-refractivity contribution >= 4 is 11.9 Å². The molecule has 0 heterocycles. The van der Waals surface area contributed by atoms with Gasteiger partial charge in [-0.2, -0.15) is 0 Å². The summed E-state index contributed by atoms with van der Waals surface area (Å²) in [6.45, 7) is 9.47. The minimum Gasteiger partial charge on any atom is -0.481 e. The van der Waals surface area contributed by atoms with Crippen LogP contribution in [0.25, 0.3) is 0 Å². The first kappa shape index (κ1) is 29.7. The Hall–Kier alpha value is -1.30. The standard InChI is InChI=1S/C21H40O10/c1-19(2)30-17-15-28-13-11-26-9-7-25-8-10-27-12-14-29-16-18-31-21(24)6-4-3-5-20(22)23/h19H,3-18H2,1-2H3,(H,22,23). The first-order chi connectivity index (χ1) is 15.0. The molecule has 0 fully saturated rings. The zero-order chi connectivity index (χ0) is 23.0. The Labute approximate surface area is 185 Å². The zero-order valence-electron chi connectivity index (χ0n) is 19.0. The number of rotatable bonds is 24. The number of hydrogen-bond donors (Lipinski definition) is 1. The number of esters is 1. The van der Waals surface area contributed by atoms with Crippen molar-refractivity contribution in [2.45, 2.75) is 45.6 Å². The smallest absolute Gasteiger partial charge is 0.305 e. The molecule has 0 radical (unpaired) electrons. The highest BCUT2D eigenvalue weighted by molar-refractivity contribution is 5.69. The average Bonchev–Trinajstić information content (AvgIpc) is 2.72. The molecule has 0 saturated heterocycles. The highest BCUT2D eigenvalue weighted by Crippen LogP contribution is 2.01. The van der Waals surface area contributed by atoms with Gasteiger partial charge in [0.15, 0.2) is 0 Å². The van der Waals surface area contributed by atoms with Gasteiger partial charge in [0.25, 0.3) is 0 Å². The van der Waals surface area contributed by atoms with Crippen molar-refractivity contribution in [3.05, 3.63) is 0 Å². The van der Waals surface area contributed by atoms with Gasteiger partial charge in [-0.1, -0.05) is 0 Å². The molecule has 0 saturated carbocycles. The molecule has 0 bridgehead atoms. The minimum absolute atomic E-state index is 0.0694. The molecular weight excluding hydrogens is 412 g/mol. The Morgan fingerprint density at radius 3 is 1.42 bits per heavy atom. The summed E-state index contributed by atoms with van der Waals surface area (Å²) in [5.41, 5.74) is 0. The van der Waals surface area contributed by atoms with E-state index >= 15 is 0 Å². The van der Waals surface area contributed by atoms with Crippen LogP contribution in [0.3, 0.4) is 0 Å². The summed E-state index contributed by atoms with van der Waals surface area (Å²) >= 11 is 0. The molecule has 0 aliphatic rings. The Morgan fingerprint density at radius 1 is 0.613 bits per heavy atom. The van der Waals surface area contributed by atoms with Crippen molar-refractivity contribution in [3.63, 3.8) is 0 Å². The lowest BCUT2D eigenvalue weighted by Gasteiger charge is -2.09. The van der Waals surface area contributed by atoms with Crippen LogP contribution in [0, 0.1) is 0 Å². The predicted octanol–water partition coefficient (Wildman–Crippen LogP) is 1.68. The van der Waals surface area contributed by atoms with Crippen molar-refractivity contribution in [3.8, 4) is 0 Å². The molecule has 0 spiro atoms. The lowest BCUT2D eigenvalue weighted by molar-refractivity contribution is -0.146. The quantitative estimate of drug-likeness (QED) is 0.171. The molecule has 0 atom stereocenters. The van der Waals surface area contributed by atoms with Gasteiger partial charge in [-0.3, -0.25) is 9.59 Å². The fourth-order valence-electron chi connectivity index (χ4n) is 2.16. The number of hydrogen-bond acceptors (Lipinski definition) is 9. The molecule has 0 rings (SSSR count). The fourth-order valence-corrected chi connectivity index (χ4v) is 2.16. The van der Waals surface area contributed by atoms with Crippen LogP contribution in [0.5, 0.6) is 0 Å². The summed E-state index contributed by atoms with van der Waals surface area (Å²) in [4.78, 5) is 21.7. The molecule has 0 aromatic heterocycles. The molecular formula is C21H40O10. The maximum atomic E-state index is 11.4. The van der Waals surface area contributed by atoms with Gasteiger partial charge in [-0.05, 0) is 26.7 Å². The maximum absolute atomic E-state index is 11.4. The third-order valence-electron chi connectivity index (χ3n) is 3.68. The third kappa shape index (κ3) is 26.7. The van der Waals surface area contributed by atoms with E-state index in [4.69, 9.17) is 38.3 Å². The van der Waals surface area contributed by atoms with Gasteiger partial charge in [0, 0.05) is 12.8 Å². The van der Waals surface area contributed by atoms with E-state index in [9.17, 15) is 9.59 Å². The molecule has 0 amide bonds. The molecule has 10 heteroatoms. The van der Waals surface area contributed by atoms with Gasteiger partial charge in [-0.15, -0.1) is 0 Å². The van der Waals surface area contributed by atoms with Crippen molar-refractivity contribution in [1.29, 1.82) is 0 Å². The van der Waals surface area contributed by atoms with Crippen molar-refractivity contribution in [2.24, 2.45) is 0 Å². The van der Waals surface area contributed by atoms with E-state index in [1.54, 1.807) is 0 Å². The SMILES string of the molecule is CC(C)OCCOCCOCCOCCOCCOCCOC(=O)CCCCC(=O)O. The number of carboxylic acids is 1. The van der Waals surface area contributed by atoms with Crippen LogP contribution in [0.15, 0.2) is 0 Å². The van der Waals surface area contributed by atoms with Crippen LogP contribution in [0.4, 0.5) is 0 Å². The summed E-state index contributed by atoms with van der Waals surface area (Å²) in [6.07, 6.45) is 1.50. The largest absolute Gasteiger partial charge is 0.481 e. The number of aliphatic carboxylic acids is 1. The van der Waals surface area contributed by atoms with Crippen LogP contribution in [0.2, 0.25) is 0 Å². The number of carbonyl (C=O) groups excluding carboxylic acids is 1. The number of unbranched alkanes of at least 4 members (excludes halogenated alkanes) is 1. The van der Waals surface area contributed by atoms with E-state index in [2.05, 4.69) is 0 Å². The van der Waals surface area contributed by atoms with E-state index in [1.165, 1.54) is 0 Å². The van der Waals surface area contributed by atoms with Crippen molar-refractivity contribution in [1.82, 2.24) is 0 Å². The van der Waals surface area contributed by atoms with Gasteiger partial charge in [0.05, 0.1) is 78.8 Å². The van der Waals surface area contributed by atoms with Gasteiger partial charge >= 0.3 is 11.9 Å². The van der Waals surface area contributed by atoms with E-state index < -0.39 is 5.97 Å². The summed E-state index contributed by atoms with van der Waals surface area (Å²) in [5, 5.41) is 8.50. The second kappa shape index (κ2) is 23.4. The van der Waals surface area contributed by atoms with Gasteiger partial charge in [-0.25, -0.2) is 0 Å². The number of ether oxygens (including phenoxy) is 7. The molecule has 0 aliphatic heterocycles. The van der Waals surface area contributed by atoms with Crippen molar-refractivity contribution in [2.75, 3.05) is 79.3 Å². The summed E-state index contributed by atoms with van der Waals surface area (Å²) < 4.78 is 37.1. The zero-order valence-corrected chi connectivity index (χ0v) is 19.0. The molecule has 10 nitrogen and oxygen atoms in total. The Balaban J connectivity index is 3.12. The van der Waals surface area contributed by atoms with Gasteiger partial charge in [0.2, 0.25) is 0 Å². The van der Waals surface area contributed by atoms with Crippen LogP contribution in [-0.4, -0.2) is 102 Å². The van der Waals surface area contributed by atoms with Crippen LogP contribution in [-0.2, 0) is 42.7 Å². The first-order valence-corrected chi connectivity index (χ1v) is 10.9. The lowest BCUT2D eigenvalue weighted by atomic mass is 10.2. The molecule has 1 N–H and O–H groups in total. The van der Waals surface area contributed by atoms with E-state index in [0.717, 1.165) is 0 Å². The van der Waals surface area contributed by atoms with Crippen LogP contribution in [0.1, 0.15) is 39.5 Å². The summed E-state index contributed by atoms with van der Waals surface area (Å²) in [5.74, 6) is -1.19. The molecule has 31 heavy (non-hydrogen) atoms. The first-order valence-electron chi connectivity index (χ1n) is 10.9. The lowest BCUT2D eigenvalue weighted by Crippen LogP contribution is -2.15. The Morgan fingerprint density at radius 2 is 1.00 bits per heavy atom. The van der Waals surface area contributed by atoms with Crippen LogP contribution < -0.4 is 0 Å². The van der Waals surface area contributed by atoms with E-state index in [1.807, 2.05) is 13.8 Å². The predicted molar refractivity (Wildman–Crippen MR) is 112 cm³/mol. The second-order valence-corrected chi connectivity index (χ2v) is 6.80. The highest BCUT2D eigenvalue weighted by Gasteiger charge is 2.04. The monoisotopic (exact) mass is 452 g/mol. The van der Waals surface area contributed by atoms with Crippen molar-refractivity contribution < 1.29 is 47.9 Å². The number of carbonyl (C=O) groups is 2. The topological polar surface area (TPSA) is 119 Å². The molecule has 184 valence electrons. The normalized spacial score (nSPS) is 11.2. The third-order valence-corrected chi connectivity index (χ3v) is 3.68. The second-order valence-electron chi connectivity index (χ2n) is 6.80. The van der Waals surface area contributed by atoms with Gasteiger partial charge in [0.1, 0.15) is 6.61 Å². The molecule has 0 unspecified atom stereocenters. The minimum atomic E-state index is -0.856. The molecule has 0 aromatic rings. The average molecular weight is 453 g/mol. The molecule has 0 aliphatic carbocycles. The van der Waals surface area contributed by atoms with Crippen LogP contribution >= 0.6 is 0 Å². The Kier molecular flexibility index (Phi) is 22.4. The Bertz CT molecular complexity index is 417. The summed E-state index contributed by atoms with van der Waals surface area (Å²) in [6, 6.07) is 0. The maximum Gasteiger partial charge on any atom is 0.305 e. The van der Waals surface area contributed by atoms with E-state index in [0.29, 0.717) is 85.5 Å². The number of carboxylic acid groups (broad SMARTS) is 1. The highest BCUT2D eigenvalue weighted by atomic mass is 16.6. The molecule has 0 aromatic carbocycles. The van der Waals surface area contributed by atoms with Gasteiger partial charge < -0.3 is 38.3 Å². The fraction of sp³-hybridized carbons (Fsp3) is 0.905. The van der Waals surface area contributed by atoms with E-state index in [-0.39, 0.29) is 31.5 Å².